The molecule has 0 aliphatic heterocycles. The van der Waals surface area contributed by atoms with E-state index in [-0.39, 0.29) is 33.9 Å². The molecule has 0 atom stereocenters. The number of H-pyrrole nitrogens is 1. The second kappa shape index (κ2) is 7.84. The molecule has 4 aromatic rings. The first-order valence-corrected chi connectivity index (χ1v) is 9.41. The third-order valence-corrected chi connectivity index (χ3v) is 4.84. The molecule has 0 radical (unpaired) electrons. The third kappa shape index (κ3) is 4.16. The van der Waals surface area contributed by atoms with Crippen LogP contribution in [0.4, 0.5) is 14.5 Å². The van der Waals surface area contributed by atoms with Crippen molar-refractivity contribution >= 4 is 29.0 Å². The Morgan fingerprint density at radius 2 is 1.86 bits per heavy atom. The zero-order chi connectivity index (χ0) is 20.4. The maximum Gasteiger partial charge on any atom is 0.266 e. The Morgan fingerprint density at radius 1 is 1.10 bits per heavy atom. The molecule has 146 valence electrons. The molecular weight excluding hydrogens is 400 g/mol. The normalized spacial score (nSPS) is 11.0. The standard InChI is InChI=1S/C19H13F2N5O2S/c20-11-5-7-12(8-6-11)22-17(28)10-29-19-24-18(13-3-1-2-4-14(13)21)23-15-9-16(27)25-26(15)19/h1-9H,10H2,(H,22,28)(H,25,27). The van der Waals surface area contributed by atoms with Crippen LogP contribution in [-0.4, -0.2) is 31.2 Å². The summed E-state index contributed by atoms with van der Waals surface area (Å²) in [5, 5.41) is 5.45. The van der Waals surface area contributed by atoms with Gasteiger partial charge in [0.2, 0.25) is 5.91 Å². The maximum atomic E-state index is 14.1. The smallest absolute Gasteiger partial charge is 0.266 e. The lowest BCUT2D eigenvalue weighted by atomic mass is 10.2. The Bertz CT molecular complexity index is 1250. The van der Waals surface area contributed by atoms with Gasteiger partial charge in [-0.05, 0) is 36.4 Å². The lowest BCUT2D eigenvalue weighted by Crippen LogP contribution is -2.15. The van der Waals surface area contributed by atoms with Crippen molar-refractivity contribution in [3.63, 3.8) is 0 Å². The van der Waals surface area contributed by atoms with Crippen LogP contribution in [-0.2, 0) is 4.79 Å². The molecule has 2 aromatic heterocycles. The van der Waals surface area contributed by atoms with Gasteiger partial charge in [-0.2, -0.15) is 0 Å². The molecule has 29 heavy (non-hydrogen) atoms. The summed E-state index contributed by atoms with van der Waals surface area (Å²) in [6, 6.07) is 12.6. The van der Waals surface area contributed by atoms with Gasteiger partial charge in [-0.1, -0.05) is 23.9 Å². The van der Waals surface area contributed by atoms with Crippen molar-refractivity contribution in [1.82, 2.24) is 19.6 Å². The molecule has 2 aromatic carbocycles. The Kier molecular flexibility index (Phi) is 5.09. The lowest BCUT2D eigenvalue weighted by Gasteiger charge is -2.08. The number of aromatic nitrogens is 4. The molecule has 2 N–H and O–H groups in total. The second-order valence-electron chi connectivity index (χ2n) is 5.97. The number of carbonyl (C=O) groups is 1. The summed E-state index contributed by atoms with van der Waals surface area (Å²) in [4.78, 5) is 32.5. The zero-order valence-corrected chi connectivity index (χ0v) is 15.5. The van der Waals surface area contributed by atoms with Crippen LogP contribution in [0.25, 0.3) is 17.0 Å². The van der Waals surface area contributed by atoms with Crippen LogP contribution in [0, 0.1) is 11.6 Å². The Balaban J connectivity index is 1.60. The highest BCUT2D eigenvalue weighted by molar-refractivity contribution is 7.99. The van der Waals surface area contributed by atoms with Crippen LogP contribution in [0.15, 0.2) is 64.5 Å². The van der Waals surface area contributed by atoms with Gasteiger partial charge in [0.25, 0.3) is 5.56 Å². The third-order valence-electron chi connectivity index (χ3n) is 3.90. The fraction of sp³-hybridized carbons (Fsp3) is 0.0526. The molecule has 2 heterocycles. The van der Waals surface area contributed by atoms with E-state index in [0.29, 0.717) is 5.69 Å². The number of thioether (sulfide) groups is 1. The topological polar surface area (TPSA) is 92.2 Å². The first kappa shape index (κ1) is 18.8. The van der Waals surface area contributed by atoms with Gasteiger partial charge in [0.05, 0.1) is 11.3 Å². The predicted molar refractivity (Wildman–Crippen MR) is 105 cm³/mol. The number of carbonyl (C=O) groups excluding carboxylic acids is 1. The molecule has 0 saturated heterocycles. The summed E-state index contributed by atoms with van der Waals surface area (Å²) < 4.78 is 28.4. The van der Waals surface area contributed by atoms with Crippen molar-refractivity contribution in [2.45, 2.75) is 5.16 Å². The summed E-state index contributed by atoms with van der Waals surface area (Å²) in [6.45, 7) is 0. The molecule has 0 bridgehead atoms. The zero-order valence-electron chi connectivity index (χ0n) is 14.7. The molecule has 0 aliphatic rings. The number of rotatable bonds is 5. The number of nitrogens with one attached hydrogen (secondary N) is 2. The van der Waals surface area contributed by atoms with Crippen molar-refractivity contribution < 1.29 is 13.6 Å². The number of hydrogen-bond acceptors (Lipinski definition) is 5. The van der Waals surface area contributed by atoms with Gasteiger partial charge in [0, 0.05) is 11.8 Å². The molecule has 0 aliphatic carbocycles. The first-order valence-electron chi connectivity index (χ1n) is 8.42. The number of nitrogens with zero attached hydrogens (tertiary/aromatic N) is 3. The number of fused-ring (bicyclic) bond motifs is 1. The van der Waals surface area contributed by atoms with Crippen molar-refractivity contribution in [2.75, 3.05) is 11.1 Å². The highest BCUT2D eigenvalue weighted by Crippen LogP contribution is 2.23. The largest absolute Gasteiger partial charge is 0.325 e. The number of anilines is 1. The lowest BCUT2D eigenvalue weighted by molar-refractivity contribution is -0.113. The summed E-state index contributed by atoms with van der Waals surface area (Å²) >= 11 is 1.04. The summed E-state index contributed by atoms with van der Waals surface area (Å²) in [6.07, 6.45) is 0. The average Bonchev–Trinajstić information content (AvgIpc) is 3.08. The Morgan fingerprint density at radius 3 is 2.62 bits per heavy atom. The summed E-state index contributed by atoms with van der Waals surface area (Å²) in [7, 11) is 0. The van der Waals surface area contributed by atoms with Crippen LogP contribution in [0.1, 0.15) is 0 Å². The summed E-state index contributed by atoms with van der Waals surface area (Å²) in [5.41, 5.74) is 0.486. The van der Waals surface area contributed by atoms with E-state index >= 15 is 0 Å². The van der Waals surface area contributed by atoms with Crippen LogP contribution >= 0.6 is 11.8 Å². The minimum Gasteiger partial charge on any atom is -0.325 e. The molecule has 0 fully saturated rings. The highest BCUT2D eigenvalue weighted by atomic mass is 32.2. The minimum absolute atomic E-state index is 0.0413. The molecule has 4 rings (SSSR count). The minimum atomic E-state index is -0.500. The molecule has 0 spiro atoms. The van der Waals surface area contributed by atoms with Crippen LogP contribution in [0.3, 0.4) is 0 Å². The predicted octanol–water partition coefficient (Wildman–Crippen LogP) is 3.09. The van der Waals surface area contributed by atoms with Gasteiger partial charge >= 0.3 is 0 Å². The first-order chi connectivity index (χ1) is 14.0. The summed E-state index contributed by atoms with van der Waals surface area (Å²) in [5.74, 6) is -1.20. The molecule has 10 heteroatoms. The number of aromatic amines is 1. The van der Waals surface area contributed by atoms with Gasteiger partial charge in [-0.15, -0.1) is 0 Å². The van der Waals surface area contributed by atoms with Gasteiger partial charge in [-0.25, -0.2) is 23.3 Å². The molecule has 1 amide bonds. The monoisotopic (exact) mass is 413 g/mol. The molecule has 7 nitrogen and oxygen atoms in total. The SMILES string of the molecule is O=C(CSc1nc(-c2ccccc2F)nc2cc(=O)[nH]n12)Nc1ccc(F)cc1. The number of benzene rings is 2. The molecular formula is C19H13F2N5O2S. The number of hydrogen-bond donors (Lipinski definition) is 2. The maximum absolute atomic E-state index is 14.1. The van der Waals surface area contributed by atoms with E-state index < -0.39 is 17.2 Å². The van der Waals surface area contributed by atoms with Crippen molar-refractivity contribution in [1.29, 1.82) is 0 Å². The van der Waals surface area contributed by atoms with E-state index in [1.807, 2.05) is 0 Å². The van der Waals surface area contributed by atoms with Gasteiger partial charge < -0.3 is 5.32 Å². The Hall–Kier alpha value is -3.53. The van der Waals surface area contributed by atoms with Crippen LogP contribution in [0.2, 0.25) is 0 Å². The van der Waals surface area contributed by atoms with Gasteiger partial charge in [-0.3, -0.25) is 14.7 Å². The van der Waals surface area contributed by atoms with E-state index in [1.54, 1.807) is 12.1 Å². The van der Waals surface area contributed by atoms with Crippen molar-refractivity contribution in [3.8, 4) is 11.4 Å². The van der Waals surface area contributed by atoms with E-state index in [2.05, 4.69) is 20.4 Å². The van der Waals surface area contributed by atoms with Gasteiger partial charge in [0.1, 0.15) is 11.6 Å². The fourth-order valence-corrected chi connectivity index (χ4v) is 3.36. The average molecular weight is 413 g/mol. The Labute approximate surface area is 166 Å². The van der Waals surface area contributed by atoms with Crippen LogP contribution in [0.5, 0.6) is 0 Å². The number of halogens is 2. The van der Waals surface area contributed by atoms with Gasteiger partial charge in [0.15, 0.2) is 16.6 Å². The van der Waals surface area contributed by atoms with Crippen LogP contribution < -0.4 is 10.9 Å². The molecule has 0 saturated carbocycles. The van der Waals surface area contributed by atoms with Crippen molar-refractivity contribution in [2.24, 2.45) is 0 Å². The van der Waals surface area contributed by atoms with E-state index in [9.17, 15) is 18.4 Å². The molecule has 0 unspecified atom stereocenters. The van der Waals surface area contributed by atoms with E-state index in [4.69, 9.17) is 0 Å². The fourth-order valence-electron chi connectivity index (χ4n) is 2.60. The quantitative estimate of drug-likeness (QED) is 0.491. The van der Waals surface area contributed by atoms with E-state index in [0.717, 1.165) is 11.8 Å². The second-order valence-corrected chi connectivity index (χ2v) is 6.91. The van der Waals surface area contributed by atoms with Crippen molar-refractivity contribution in [3.05, 3.63) is 76.6 Å². The highest BCUT2D eigenvalue weighted by Gasteiger charge is 2.15. The van der Waals surface area contributed by atoms with E-state index in [1.165, 1.54) is 47.0 Å². The number of amides is 1.